The van der Waals surface area contributed by atoms with Crippen LogP contribution in [0.3, 0.4) is 0 Å². The molecule has 0 saturated carbocycles. The lowest BCUT2D eigenvalue weighted by atomic mass is 10.1. The molecule has 0 amide bonds. The minimum absolute atomic E-state index is 0.482. The summed E-state index contributed by atoms with van der Waals surface area (Å²) >= 11 is 0. The standard InChI is InChI=1S/C12H17N5/c1-2-6-13-9-10(3-1)15-11-5-8-17-12(16-11)4-7-14-17/h4-5,7-8,10,13H,1-3,6,9H2,(H,15,16). The highest BCUT2D eigenvalue weighted by atomic mass is 15.2. The van der Waals surface area contributed by atoms with Gasteiger partial charge in [-0.05, 0) is 25.5 Å². The van der Waals surface area contributed by atoms with Crippen LogP contribution < -0.4 is 10.6 Å². The molecule has 0 spiro atoms. The average molecular weight is 231 g/mol. The summed E-state index contributed by atoms with van der Waals surface area (Å²) in [6, 6.07) is 4.37. The van der Waals surface area contributed by atoms with Crippen molar-refractivity contribution in [2.75, 3.05) is 18.4 Å². The van der Waals surface area contributed by atoms with Crippen molar-refractivity contribution in [1.29, 1.82) is 0 Å². The second kappa shape index (κ2) is 4.71. The third-order valence-corrected chi connectivity index (χ3v) is 3.16. The zero-order valence-electron chi connectivity index (χ0n) is 9.76. The number of nitrogens with one attached hydrogen (secondary N) is 2. The number of aromatic nitrogens is 3. The van der Waals surface area contributed by atoms with Crippen molar-refractivity contribution in [3.05, 3.63) is 24.5 Å². The third-order valence-electron chi connectivity index (χ3n) is 3.16. The smallest absolute Gasteiger partial charge is 0.157 e. The quantitative estimate of drug-likeness (QED) is 0.817. The normalized spacial score (nSPS) is 21.3. The molecule has 1 saturated heterocycles. The molecule has 3 heterocycles. The first-order valence-corrected chi connectivity index (χ1v) is 6.19. The first-order chi connectivity index (χ1) is 8.42. The van der Waals surface area contributed by atoms with E-state index in [0.717, 1.165) is 24.6 Å². The van der Waals surface area contributed by atoms with Gasteiger partial charge in [0.15, 0.2) is 5.65 Å². The fourth-order valence-electron chi connectivity index (χ4n) is 2.24. The molecule has 1 aliphatic heterocycles. The molecule has 90 valence electrons. The largest absolute Gasteiger partial charge is 0.366 e. The summed E-state index contributed by atoms with van der Waals surface area (Å²) in [5.41, 5.74) is 0.886. The maximum Gasteiger partial charge on any atom is 0.157 e. The van der Waals surface area contributed by atoms with E-state index in [2.05, 4.69) is 20.7 Å². The molecule has 5 nitrogen and oxygen atoms in total. The zero-order valence-corrected chi connectivity index (χ0v) is 9.76. The summed E-state index contributed by atoms with van der Waals surface area (Å²) in [6.07, 6.45) is 7.46. The predicted molar refractivity (Wildman–Crippen MR) is 67.1 cm³/mol. The predicted octanol–water partition coefficient (Wildman–Crippen LogP) is 1.28. The molecular formula is C12H17N5. The van der Waals surface area contributed by atoms with Crippen molar-refractivity contribution in [3.8, 4) is 0 Å². The number of rotatable bonds is 2. The number of nitrogens with zero attached hydrogens (tertiary/aromatic N) is 3. The zero-order chi connectivity index (χ0) is 11.5. The van der Waals surface area contributed by atoms with Gasteiger partial charge in [-0.1, -0.05) is 6.42 Å². The first kappa shape index (κ1) is 10.5. The van der Waals surface area contributed by atoms with Crippen LogP contribution in [0.5, 0.6) is 0 Å². The van der Waals surface area contributed by atoms with Crippen LogP contribution in [0.2, 0.25) is 0 Å². The van der Waals surface area contributed by atoms with Crippen molar-refractivity contribution >= 4 is 11.5 Å². The lowest BCUT2D eigenvalue weighted by molar-refractivity contribution is 0.633. The molecule has 2 N–H and O–H groups in total. The highest BCUT2D eigenvalue weighted by Gasteiger charge is 2.11. The van der Waals surface area contributed by atoms with E-state index in [1.54, 1.807) is 10.7 Å². The van der Waals surface area contributed by atoms with Gasteiger partial charge >= 0.3 is 0 Å². The molecule has 3 rings (SSSR count). The highest BCUT2D eigenvalue weighted by Crippen LogP contribution is 2.11. The summed E-state index contributed by atoms with van der Waals surface area (Å²) < 4.78 is 1.77. The van der Waals surface area contributed by atoms with E-state index in [1.807, 2.05) is 18.3 Å². The molecule has 1 unspecified atom stereocenters. The molecule has 1 atom stereocenters. The summed E-state index contributed by atoms with van der Waals surface area (Å²) in [7, 11) is 0. The van der Waals surface area contributed by atoms with Crippen molar-refractivity contribution in [3.63, 3.8) is 0 Å². The van der Waals surface area contributed by atoms with E-state index in [9.17, 15) is 0 Å². The molecule has 0 aromatic carbocycles. The van der Waals surface area contributed by atoms with E-state index < -0.39 is 0 Å². The van der Waals surface area contributed by atoms with E-state index >= 15 is 0 Å². The van der Waals surface area contributed by atoms with Crippen molar-refractivity contribution in [2.45, 2.75) is 25.3 Å². The van der Waals surface area contributed by atoms with Gasteiger partial charge in [0, 0.05) is 24.8 Å². The minimum atomic E-state index is 0.482. The molecule has 0 radical (unpaired) electrons. The Hall–Kier alpha value is -1.62. The maximum absolute atomic E-state index is 4.52. The van der Waals surface area contributed by atoms with Gasteiger partial charge in [-0.2, -0.15) is 5.10 Å². The van der Waals surface area contributed by atoms with E-state index in [-0.39, 0.29) is 0 Å². The second-order valence-electron chi connectivity index (χ2n) is 4.49. The molecule has 0 bridgehead atoms. The van der Waals surface area contributed by atoms with Gasteiger partial charge in [-0.25, -0.2) is 9.50 Å². The van der Waals surface area contributed by atoms with Crippen LogP contribution in [0.25, 0.3) is 5.65 Å². The van der Waals surface area contributed by atoms with Gasteiger partial charge in [0.25, 0.3) is 0 Å². The fourth-order valence-corrected chi connectivity index (χ4v) is 2.24. The molecule has 2 aromatic heterocycles. The summed E-state index contributed by atoms with van der Waals surface area (Å²) in [5, 5.41) is 11.1. The molecule has 0 aliphatic carbocycles. The van der Waals surface area contributed by atoms with Crippen LogP contribution in [-0.2, 0) is 0 Å². The van der Waals surface area contributed by atoms with Crippen LogP contribution in [-0.4, -0.2) is 33.7 Å². The molecule has 1 aliphatic rings. The molecule has 1 fully saturated rings. The number of fused-ring (bicyclic) bond motifs is 1. The van der Waals surface area contributed by atoms with Gasteiger partial charge in [0.1, 0.15) is 5.82 Å². The fraction of sp³-hybridized carbons (Fsp3) is 0.500. The number of hydrogen-bond donors (Lipinski definition) is 2. The van der Waals surface area contributed by atoms with Gasteiger partial charge in [-0.3, -0.25) is 0 Å². The average Bonchev–Trinajstić information content (AvgIpc) is 2.65. The first-order valence-electron chi connectivity index (χ1n) is 6.19. The van der Waals surface area contributed by atoms with E-state index in [1.165, 1.54) is 19.3 Å². The van der Waals surface area contributed by atoms with Crippen molar-refractivity contribution in [1.82, 2.24) is 19.9 Å². The molecular weight excluding hydrogens is 214 g/mol. The van der Waals surface area contributed by atoms with E-state index in [0.29, 0.717) is 6.04 Å². The summed E-state index contributed by atoms with van der Waals surface area (Å²) in [5.74, 6) is 0.937. The molecule has 5 heteroatoms. The minimum Gasteiger partial charge on any atom is -0.366 e. The Morgan fingerprint density at radius 2 is 2.35 bits per heavy atom. The van der Waals surface area contributed by atoms with Gasteiger partial charge in [-0.15, -0.1) is 0 Å². The second-order valence-corrected chi connectivity index (χ2v) is 4.49. The lowest BCUT2D eigenvalue weighted by Crippen LogP contribution is -2.31. The maximum atomic E-state index is 4.52. The van der Waals surface area contributed by atoms with Crippen LogP contribution in [0.15, 0.2) is 24.5 Å². The Morgan fingerprint density at radius 3 is 3.35 bits per heavy atom. The monoisotopic (exact) mass is 231 g/mol. The Balaban J connectivity index is 1.74. The molecule has 2 aromatic rings. The Kier molecular flexibility index (Phi) is 2.92. The Bertz CT molecular complexity index is 484. The van der Waals surface area contributed by atoms with Crippen LogP contribution in [0.4, 0.5) is 5.82 Å². The third kappa shape index (κ3) is 2.39. The molecule has 17 heavy (non-hydrogen) atoms. The lowest BCUT2D eigenvalue weighted by Gasteiger charge is -2.16. The Labute approximate surface area is 100 Å². The van der Waals surface area contributed by atoms with Crippen molar-refractivity contribution < 1.29 is 0 Å². The van der Waals surface area contributed by atoms with Gasteiger partial charge < -0.3 is 10.6 Å². The highest BCUT2D eigenvalue weighted by molar-refractivity contribution is 5.45. The van der Waals surface area contributed by atoms with E-state index in [4.69, 9.17) is 0 Å². The SMILES string of the molecule is c1cc2nc(NC3CCCCNC3)ccn2n1. The Morgan fingerprint density at radius 1 is 1.35 bits per heavy atom. The number of anilines is 1. The summed E-state index contributed by atoms with van der Waals surface area (Å²) in [4.78, 5) is 4.52. The van der Waals surface area contributed by atoms with Crippen LogP contribution in [0, 0.1) is 0 Å². The summed E-state index contributed by atoms with van der Waals surface area (Å²) in [6.45, 7) is 2.15. The van der Waals surface area contributed by atoms with Gasteiger partial charge in [0.05, 0.1) is 6.20 Å². The van der Waals surface area contributed by atoms with Crippen LogP contribution >= 0.6 is 0 Å². The van der Waals surface area contributed by atoms with Crippen LogP contribution in [0.1, 0.15) is 19.3 Å². The van der Waals surface area contributed by atoms with Gasteiger partial charge in [0.2, 0.25) is 0 Å². The number of hydrogen-bond acceptors (Lipinski definition) is 4. The van der Waals surface area contributed by atoms with Crippen molar-refractivity contribution in [2.24, 2.45) is 0 Å². The topological polar surface area (TPSA) is 54.2 Å².